The molecule has 1 aliphatic rings. The Hall–Kier alpha value is -3.51. The maximum Gasteiger partial charge on any atom is 0.254 e. The molecule has 2 rings (SSSR count). The molecular weight excluding hydrogens is 506 g/mol. The van der Waals surface area contributed by atoms with Gasteiger partial charge in [0, 0.05) is 26.6 Å². The summed E-state index contributed by atoms with van der Waals surface area (Å²) in [7, 11) is 1.37. The Morgan fingerprint density at radius 1 is 1.00 bits per heavy atom. The van der Waals surface area contributed by atoms with Crippen LogP contribution in [0.25, 0.3) is 0 Å². The zero-order valence-electron chi connectivity index (χ0n) is 23.4. The van der Waals surface area contributed by atoms with Gasteiger partial charge in [-0.1, -0.05) is 44.2 Å². The van der Waals surface area contributed by atoms with E-state index in [0.29, 0.717) is 0 Å². The molecule has 0 aromatic heterocycles. The molecule has 0 unspecified atom stereocenters. The minimum atomic E-state index is -1.32. The lowest BCUT2D eigenvalue weighted by Crippen LogP contribution is -2.60. The summed E-state index contributed by atoms with van der Waals surface area (Å²) in [5.74, 6) is -3.38. The quantitative estimate of drug-likeness (QED) is 0.308. The highest BCUT2D eigenvalue weighted by atomic mass is 16.5. The van der Waals surface area contributed by atoms with Crippen LogP contribution >= 0.6 is 0 Å². The zero-order valence-corrected chi connectivity index (χ0v) is 23.4. The van der Waals surface area contributed by atoms with E-state index in [4.69, 9.17) is 4.74 Å². The minimum absolute atomic E-state index is 0.0551. The summed E-state index contributed by atoms with van der Waals surface area (Å²) < 4.78 is 5.28. The number of benzene rings is 1. The summed E-state index contributed by atoms with van der Waals surface area (Å²) in [4.78, 5) is 67.0. The number of hydrogen-bond acceptors (Lipinski definition) is 7. The second-order valence-corrected chi connectivity index (χ2v) is 10.5. The van der Waals surface area contributed by atoms with Gasteiger partial charge in [0.1, 0.15) is 23.7 Å². The lowest BCUT2D eigenvalue weighted by Gasteiger charge is -2.31. The number of methoxy groups -OCH3 is 1. The Labute approximate surface area is 229 Å². The second-order valence-electron chi connectivity index (χ2n) is 10.5. The number of aliphatic hydroxyl groups excluding tert-OH is 1. The number of hydrogen-bond donors (Lipinski definition) is 5. The Morgan fingerprint density at radius 2 is 1.64 bits per heavy atom. The molecule has 0 spiro atoms. The first-order chi connectivity index (χ1) is 18.3. The topological polar surface area (TPSA) is 166 Å². The average Bonchev–Trinajstić information content (AvgIpc) is 2.88. The van der Waals surface area contributed by atoms with E-state index < -0.39 is 59.4 Å². The molecule has 1 fully saturated rings. The fraction of sp³-hybridized carbons (Fsp3) is 0.593. The van der Waals surface area contributed by atoms with Crippen LogP contribution in [0.15, 0.2) is 30.3 Å². The molecule has 4 atom stereocenters. The Balaban J connectivity index is 2.45. The maximum atomic E-state index is 13.4. The van der Waals surface area contributed by atoms with Crippen molar-refractivity contribution in [1.82, 2.24) is 26.2 Å². The molecular formula is C27H41N5O7. The number of aliphatic hydroxyl groups is 1. The van der Waals surface area contributed by atoms with Gasteiger partial charge in [0.05, 0.1) is 12.6 Å². The fourth-order valence-electron chi connectivity index (χ4n) is 4.05. The average molecular weight is 548 g/mol. The van der Waals surface area contributed by atoms with Crippen molar-refractivity contribution in [2.24, 2.45) is 5.92 Å². The molecule has 12 nitrogen and oxygen atoms in total. The standard InChI is InChI=1S/C27H41N5O7/c1-16(2)21-25(37)29-19(14-18-10-8-7-9-11-18)23(35)31-22(17(3)33)24(36)28-12-13-32(15-20(34)30-21)26(38)27(4,5)39-6/h7-11,16-17,19,21-22,33H,12-15H2,1-6H3,(H,28,36)(H,29,37)(H,30,34)(H,31,35)/t17-,19+,21-,22+/m1/s1. The predicted octanol–water partition coefficient (Wildman–Crippen LogP) is -0.896. The van der Waals surface area contributed by atoms with Gasteiger partial charge in [0.2, 0.25) is 23.6 Å². The maximum absolute atomic E-state index is 13.4. The second kappa shape index (κ2) is 14.0. The molecule has 12 heteroatoms. The molecule has 1 aromatic carbocycles. The smallest absolute Gasteiger partial charge is 0.254 e. The normalized spacial score (nSPS) is 23.1. The SMILES string of the molecule is COC(C)(C)C(=O)N1CCNC(=O)[C@H]([C@@H](C)O)NC(=O)[C@H](Cc2ccccc2)NC(=O)[C@@H](C(C)C)NC(=O)C1. The van der Waals surface area contributed by atoms with Crippen molar-refractivity contribution < 1.29 is 33.8 Å². The van der Waals surface area contributed by atoms with Crippen LogP contribution in [-0.4, -0.2) is 96.1 Å². The van der Waals surface area contributed by atoms with Gasteiger partial charge in [-0.25, -0.2) is 0 Å². The third-order valence-corrected chi connectivity index (χ3v) is 6.57. The highest BCUT2D eigenvalue weighted by Gasteiger charge is 2.36. The largest absolute Gasteiger partial charge is 0.391 e. The third kappa shape index (κ3) is 9.03. The van der Waals surface area contributed by atoms with Gasteiger partial charge in [0.15, 0.2) is 0 Å². The van der Waals surface area contributed by atoms with Crippen LogP contribution in [0.3, 0.4) is 0 Å². The molecule has 1 aliphatic heterocycles. The highest BCUT2D eigenvalue weighted by Crippen LogP contribution is 2.13. The van der Waals surface area contributed by atoms with E-state index in [9.17, 15) is 29.1 Å². The number of rotatable bonds is 6. The lowest BCUT2D eigenvalue weighted by atomic mass is 10.0. The number of amides is 5. The van der Waals surface area contributed by atoms with Gasteiger partial charge in [-0.3, -0.25) is 24.0 Å². The molecule has 5 N–H and O–H groups in total. The molecule has 39 heavy (non-hydrogen) atoms. The fourth-order valence-corrected chi connectivity index (χ4v) is 4.05. The highest BCUT2D eigenvalue weighted by molar-refractivity contribution is 5.95. The molecule has 1 aromatic rings. The molecule has 0 radical (unpaired) electrons. The van der Waals surface area contributed by atoms with Crippen LogP contribution in [0.5, 0.6) is 0 Å². The van der Waals surface area contributed by atoms with Gasteiger partial charge in [0.25, 0.3) is 5.91 Å². The number of nitrogens with zero attached hydrogens (tertiary/aromatic N) is 1. The Kier molecular flexibility index (Phi) is 11.4. The van der Waals surface area contributed by atoms with Crippen molar-refractivity contribution in [2.45, 2.75) is 70.9 Å². The van der Waals surface area contributed by atoms with E-state index >= 15 is 0 Å². The molecule has 216 valence electrons. The van der Waals surface area contributed by atoms with Crippen molar-refractivity contribution in [2.75, 3.05) is 26.7 Å². The third-order valence-electron chi connectivity index (χ3n) is 6.57. The predicted molar refractivity (Wildman–Crippen MR) is 143 cm³/mol. The van der Waals surface area contributed by atoms with Gasteiger partial charge in [-0.15, -0.1) is 0 Å². The summed E-state index contributed by atoms with van der Waals surface area (Å²) in [5, 5.41) is 20.8. The van der Waals surface area contributed by atoms with E-state index in [1.54, 1.807) is 52.0 Å². The van der Waals surface area contributed by atoms with Crippen LogP contribution in [0.1, 0.15) is 40.2 Å². The van der Waals surface area contributed by atoms with Crippen molar-refractivity contribution in [3.8, 4) is 0 Å². The van der Waals surface area contributed by atoms with Crippen molar-refractivity contribution >= 4 is 29.5 Å². The zero-order chi connectivity index (χ0) is 29.3. The number of carbonyl (C=O) groups excluding carboxylic acids is 5. The Morgan fingerprint density at radius 3 is 2.21 bits per heavy atom. The van der Waals surface area contributed by atoms with Crippen LogP contribution < -0.4 is 21.3 Å². The van der Waals surface area contributed by atoms with E-state index in [0.717, 1.165) is 5.56 Å². The monoisotopic (exact) mass is 547 g/mol. The van der Waals surface area contributed by atoms with Crippen LogP contribution in [0.2, 0.25) is 0 Å². The number of ether oxygens (including phenoxy) is 1. The molecule has 1 saturated heterocycles. The summed E-state index contributed by atoms with van der Waals surface area (Å²) in [6.45, 7) is 7.45. The van der Waals surface area contributed by atoms with Crippen molar-refractivity contribution in [3.05, 3.63) is 35.9 Å². The first kappa shape index (κ1) is 31.7. The van der Waals surface area contributed by atoms with Crippen molar-refractivity contribution in [1.29, 1.82) is 0 Å². The minimum Gasteiger partial charge on any atom is -0.391 e. The summed E-state index contributed by atoms with van der Waals surface area (Å²) in [5.41, 5.74) is -0.489. The number of carbonyl (C=O) groups is 5. The summed E-state index contributed by atoms with van der Waals surface area (Å²) >= 11 is 0. The van der Waals surface area contributed by atoms with Gasteiger partial charge < -0.3 is 36.0 Å². The number of nitrogens with one attached hydrogen (secondary N) is 4. The lowest BCUT2D eigenvalue weighted by molar-refractivity contribution is -0.153. The molecule has 0 bridgehead atoms. The van der Waals surface area contributed by atoms with Crippen molar-refractivity contribution in [3.63, 3.8) is 0 Å². The van der Waals surface area contributed by atoms with E-state index in [-0.39, 0.29) is 32.0 Å². The van der Waals surface area contributed by atoms with Gasteiger partial charge in [-0.2, -0.15) is 0 Å². The van der Waals surface area contributed by atoms with E-state index in [1.165, 1.54) is 18.9 Å². The van der Waals surface area contributed by atoms with E-state index in [1.807, 2.05) is 6.07 Å². The molecule has 0 saturated carbocycles. The molecule has 0 aliphatic carbocycles. The summed E-state index contributed by atoms with van der Waals surface area (Å²) in [6.07, 6.45) is -1.14. The first-order valence-electron chi connectivity index (χ1n) is 13.0. The summed E-state index contributed by atoms with van der Waals surface area (Å²) in [6, 6.07) is 5.57. The van der Waals surface area contributed by atoms with Crippen LogP contribution in [0.4, 0.5) is 0 Å². The van der Waals surface area contributed by atoms with Gasteiger partial charge in [-0.05, 0) is 32.3 Å². The molecule has 5 amide bonds. The van der Waals surface area contributed by atoms with E-state index in [2.05, 4.69) is 21.3 Å². The Bertz CT molecular complexity index is 1030. The first-order valence-corrected chi connectivity index (χ1v) is 13.0. The molecule has 1 heterocycles. The van der Waals surface area contributed by atoms with Crippen LogP contribution in [-0.2, 0) is 35.1 Å². The van der Waals surface area contributed by atoms with Crippen LogP contribution in [0, 0.1) is 5.92 Å². The van der Waals surface area contributed by atoms with Gasteiger partial charge >= 0.3 is 0 Å².